The van der Waals surface area contributed by atoms with E-state index < -0.39 is 0 Å². The highest BCUT2D eigenvalue weighted by Crippen LogP contribution is 2.27. The molecule has 0 fully saturated rings. The average molecular weight is 218 g/mol. The molecule has 1 N–H and O–H groups in total. The molecule has 2 heteroatoms. The molecule has 0 saturated heterocycles. The molecule has 0 amide bonds. The quantitative estimate of drug-likeness (QED) is 0.623. The van der Waals surface area contributed by atoms with Crippen molar-refractivity contribution in [1.29, 1.82) is 0 Å². The number of Topliss-reactive ketones (excluding diaryl/α,β-unsaturated/α-hetero) is 1. The van der Waals surface area contributed by atoms with Crippen LogP contribution in [0.2, 0.25) is 0 Å². The summed E-state index contributed by atoms with van der Waals surface area (Å²) in [7, 11) is 0. The molecule has 0 saturated carbocycles. The van der Waals surface area contributed by atoms with Gasteiger partial charge in [-0.1, -0.05) is 17.7 Å². The summed E-state index contributed by atoms with van der Waals surface area (Å²) in [5.74, 6) is 0.0287. The lowest BCUT2D eigenvalue weighted by molar-refractivity contribution is 0.101. The van der Waals surface area contributed by atoms with Crippen molar-refractivity contribution in [3.63, 3.8) is 0 Å². The number of rotatable bonds is 3. The fourth-order valence-electron chi connectivity index (χ4n) is 1.59. The average Bonchev–Trinajstić information content (AvgIpc) is 2.16. The molecule has 16 heavy (non-hydrogen) atoms. The van der Waals surface area contributed by atoms with E-state index >= 15 is 0 Å². The smallest absolute Gasteiger partial charge is 0.163 e. The number of phenols is 1. The minimum absolute atomic E-state index is 0.101. The molecule has 1 aromatic rings. The lowest BCUT2D eigenvalue weighted by atomic mass is 9.98. The van der Waals surface area contributed by atoms with Crippen molar-refractivity contribution >= 4 is 5.78 Å². The Morgan fingerprint density at radius 2 is 1.94 bits per heavy atom. The predicted molar refractivity (Wildman–Crippen MR) is 66.0 cm³/mol. The van der Waals surface area contributed by atoms with Crippen molar-refractivity contribution in [2.24, 2.45) is 0 Å². The number of aromatic hydroxyl groups is 1. The second-order valence-electron chi connectivity index (χ2n) is 4.30. The SMILES string of the molecule is CC(=O)c1ccc(C)c(CC=C(C)C)c1O. The summed E-state index contributed by atoms with van der Waals surface area (Å²) >= 11 is 0. The maximum atomic E-state index is 11.3. The lowest BCUT2D eigenvalue weighted by Gasteiger charge is -2.09. The summed E-state index contributed by atoms with van der Waals surface area (Å²) in [6.45, 7) is 7.44. The third-order valence-corrected chi connectivity index (χ3v) is 2.61. The highest BCUT2D eigenvalue weighted by molar-refractivity contribution is 5.97. The highest BCUT2D eigenvalue weighted by atomic mass is 16.3. The molecule has 1 aromatic carbocycles. The zero-order valence-corrected chi connectivity index (χ0v) is 10.3. The van der Waals surface area contributed by atoms with Crippen molar-refractivity contribution < 1.29 is 9.90 Å². The van der Waals surface area contributed by atoms with Gasteiger partial charge in [0.05, 0.1) is 5.56 Å². The van der Waals surface area contributed by atoms with Crippen molar-refractivity contribution in [2.75, 3.05) is 0 Å². The molecule has 0 aliphatic rings. The molecule has 2 nitrogen and oxygen atoms in total. The first-order valence-electron chi connectivity index (χ1n) is 5.39. The Kier molecular flexibility index (Phi) is 3.88. The van der Waals surface area contributed by atoms with Crippen LogP contribution in [0.3, 0.4) is 0 Å². The van der Waals surface area contributed by atoms with Gasteiger partial charge in [0.1, 0.15) is 5.75 Å². The molecular weight excluding hydrogens is 200 g/mol. The zero-order chi connectivity index (χ0) is 12.3. The minimum atomic E-state index is -0.101. The van der Waals surface area contributed by atoms with Gasteiger partial charge in [-0.3, -0.25) is 4.79 Å². The van der Waals surface area contributed by atoms with Crippen LogP contribution in [0.15, 0.2) is 23.8 Å². The van der Waals surface area contributed by atoms with E-state index in [-0.39, 0.29) is 11.5 Å². The summed E-state index contributed by atoms with van der Waals surface area (Å²) < 4.78 is 0. The molecule has 0 spiro atoms. The van der Waals surface area contributed by atoms with Crippen LogP contribution in [0.4, 0.5) is 0 Å². The van der Waals surface area contributed by atoms with E-state index in [1.165, 1.54) is 12.5 Å². The third kappa shape index (κ3) is 2.72. The lowest BCUT2D eigenvalue weighted by Crippen LogP contribution is -1.98. The number of allylic oxidation sites excluding steroid dienone is 2. The van der Waals surface area contributed by atoms with Gasteiger partial charge in [-0.2, -0.15) is 0 Å². The van der Waals surface area contributed by atoms with Gasteiger partial charge in [0.2, 0.25) is 0 Å². The second kappa shape index (κ2) is 4.97. The fraction of sp³-hybridized carbons (Fsp3) is 0.357. The van der Waals surface area contributed by atoms with Crippen LogP contribution in [0.25, 0.3) is 0 Å². The van der Waals surface area contributed by atoms with E-state index in [0.717, 1.165) is 11.1 Å². The normalized spacial score (nSPS) is 10.0. The molecule has 0 aromatic heterocycles. The van der Waals surface area contributed by atoms with Gasteiger partial charge in [0, 0.05) is 5.56 Å². The summed E-state index contributed by atoms with van der Waals surface area (Å²) in [4.78, 5) is 11.3. The molecule has 0 heterocycles. The molecule has 0 radical (unpaired) electrons. The number of phenolic OH excluding ortho intramolecular Hbond substituents is 1. The van der Waals surface area contributed by atoms with Gasteiger partial charge in [-0.05, 0) is 45.7 Å². The van der Waals surface area contributed by atoms with E-state index in [0.29, 0.717) is 12.0 Å². The molecule has 0 atom stereocenters. The van der Waals surface area contributed by atoms with Crippen LogP contribution in [0.1, 0.15) is 42.3 Å². The molecule has 0 unspecified atom stereocenters. The van der Waals surface area contributed by atoms with E-state index in [9.17, 15) is 9.90 Å². The topological polar surface area (TPSA) is 37.3 Å². The van der Waals surface area contributed by atoms with E-state index in [1.54, 1.807) is 6.07 Å². The van der Waals surface area contributed by atoms with Gasteiger partial charge in [0.25, 0.3) is 0 Å². The largest absolute Gasteiger partial charge is 0.507 e. The number of carbonyl (C=O) groups excluding carboxylic acids is 1. The Labute approximate surface area is 96.6 Å². The Morgan fingerprint density at radius 3 is 2.44 bits per heavy atom. The van der Waals surface area contributed by atoms with E-state index in [1.807, 2.05) is 32.9 Å². The predicted octanol–water partition coefficient (Wildman–Crippen LogP) is 3.41. The van der Waals surface area contributed by atoms with Gasteiger partial charge in [0.15, 0.2) is 5.78 Å². The summed E-state index contributed by atoms with van der Waals surface area (Å²) in [6.07, 6.45) is 2.72. The maximum absolute atomic E-state index is 11.3. The number of carbonyl (C=O) groups is 1. The maximum Gasteiger partial charge on any atom is 0.163 e. The molecule has 86 valence electrons. The molecule has 0 bridgehead atoms. The Bertz CT molecular complexity index is 438. The molecule has 1 rings (SSSR count). The van der Waals surface area contributed by atoms with Crippen LogP contribution in [-0.2, 0) is 6.42 Å². The summed E-state index contributed by atoms with van der Waals surface area (Å²) in [6, 6.07) is 3.56. The highest BCUT2D eigenvalue weighted by Gasteiger charge is 2.12. The van der Waals surface area contributed by atoms with Crippen molar-refractivity contribution in [3.8, 4) is 5.75 Å². The van der Waals surface area contributed by atoms with E-state index in [2.05, 4.69) is 0 Å². The third-order valence-electron chi connectivity index (χ3n) is 2.61. The van der Waals surface area contributed by atoms with Gasteiger partial charge >= 0.3 is 0 Å². The van der Waals surface area contributed by atoms with Crippen molar-refractivity contribution in [1.82, 2.24) is 0 Å². The zero-order valence-electron chi connectivity index (χ0n) is 10.3. The molecule has 0 aliphatic carbocycles. The van der Waals surface area contributed by atoms with Crippen LogP contribution >= 0.6 is 0 Å². The van der Waals surface area contributed by atoms with Crippen LogP contribution in [-0.4, -0.2) is 10.9 Å². The first-order valence-corrected chi connectivity index (χ1v) is 5.39. The number of hydrogen-bond acceptors (Lipinski definition) is 2. The first kappa shape index (κ1) is 12.5. The standard InChI is InChI=1S/C14H18O2/c1-9(2)5-7-12-10(3)6-8-13(11(4)15)14(12)16/h5-6,8,16H,7H2,1-4H3. The van der Waals surface area contributed by atoms with Crippen molar-refractivity contribution in [2.45, 2.75) is 34.1 Å². The number of ketones is 1. The van der Waals surface area contributed by atoms with Crippen LogP contribution in [0, 0.1) is 6.92 Å². The minimum Gasteiger partial charge on any atom is -0.507 e. The number of aryl methyl sites for hydroxylation is 1. The summed E-state index contributed by atoms with van der Waals surface area (Å²) in [5, 5.41) is 10.0. The van der Waals surface area contributed by atoms with E-state index in [4.69, 9.17) is 0 Å². The monoisotopic (exact) mass is 218 g/mol. The Morgan fingerprint density at radius 1 is 1.31 bits per heavy atom. The molecule has 0 aliphatic heterocycles. The number of benzene rings is 1. The Hall–Kier alpha value is -1.57. The second-order valence-corrected chi connectivity index (χ2v) is 4.30. The fourth-order valence-corrected chi connectivity index (χ4v) is 1.59. The van der Waals surface area contributed by atoms with Crippen LogP contribution in [0.5, 0.6) is 5.75 Å². The molecular formula is C14H18O2. The van der Waals surface area contributed by atoms with Gasteiger partial charge in [-0.25, -0.2) is 0 Å². The Balaban J connectivity index is 3.21. The van der Waals surface area contributed by atoms with Crippen molar-refractivity contribution in [3.05, 3.63) is 40.5 Å². The summed E-state index contributed by atoms with van der Waals surface area (Å²) in [5.41, 5.74) is 3.46. The first-order chi connectivity index (χ1) is 7.43. The van der Waals surface area contributed by atoms with Gasteiger partial charge < -0.3 is 5.11 Å². The van der Waals surface area contributed by atoms with Crippen LogP contribution < -0.4 is 0 Å². The number of hydrogen-bond donors (Lipinski definition) is 1. The van der Waals surface area contributed by atoms with Gasteiger partial charge in [-0.15, -0.1) is 0 Å².